The Morgan fingerprint density at radius 3 is 2.67 bits per heavy atom. The Labute approximate surface area is 213 Å². The van der Waals surface area contributed by atoms with Gasteiger partial charge in [0.15, 0.2) is 0 Å². The standard InChI is InChI=1S/C27H25FN4O3S/c1-2-34-27(33)24-22(35-25(31)20(14-30)23(24)16-8-10-19(28)11-9-16)15-36-26-18(13-29)12-17-6-4-3-5-7-21(17)32-26/h8-12,23H,2-7,15,31H2,1H3/t23-/m1/s1. The predicted octanol–water partition coefficient (Wildman–Crippen LogP) is 4.78. The molecule has 2 N–H and O–H groups in total. The molecule has 2 heterocycles. The van der Waals surface area contributed by atoms with Crippen molar-refractivity contribution in [3.63, 3.8) is 0 Å². The molecule has 1 aromatic carbocycles. The summed E-state index contributed by atoms with van der Waals surface area (Å²) < 4.78 is 24.7. The maximum atomic E-state index is 13.6. The third-order valence-corrected chi connectivity index (χ3v) is 7.16. The van der Waals surface area contributed by atoms with Crippen molar-refractivity contribution in [2.24, 2.45) is 5.73 Å². The zero-order valence-corrected chi connectivity index (χ0v) is 20.7. The fraction of sp³-hybridized carbons (Fsp3) is 0.333. The van der Waals surface area contributed by atoms with Gasteiger partial charge in [-0.1, -0.05) is 30.3 Å². The summed E-state index contributed by atoms with van der Waals surface area (Å²) in [5, 5.41) is 20.1. The molecule has 4 rings (SSSR count). The number of ether oxygens (including phenoxy) is 2. The van der Waals surface area contributed by atoms with Gasteiger partial charge in [-0.3, -0.25) is 0 Å². The Morgan fingerprint density at radius 1 is 1.22 bits per heavy atom. The normalized spacial score (nSPS) is 17.4. The van der Waals surface area contributed by atoms with Gasteiger partial charge in [-0.2, -0.15) is 10.5 Å². The van der Waals surface area contributed by atoms with E-state index in [0.717, 1.165) is 43.4 Å². The molecule has 36 heavy (non-hydrogen) atoms. The van der Waals surface area contributed by atoms with Gasteiger partial charge in [0.1, 0.15) is 34.3 Å². The lowest BCUT2D eigenvalue weighted by atomic mass is 9.83. The van der Waals surface area contributed by atoms with Crippen LogP contribution in [0.15, 0.2) is 58.1 Å². The lowest BCUT2D eigenvalue weighted by molar-refractivity contribution is -0.139. The molecule has 2 aromatic rings. The van der Waals surface area contributed by atoms with Crippen molar-refractivity contribution in [1.29, 1.82) is 10.5 Å². The molecule has 0 radical (unpaired) electrons. The number of nitriles is 2. The molecule has 2 aliphatic rings. The number of hydrogen-bond acceptors (Lipinski definition) is 8. The molecular weight excluding hydrogens is 479 g/mol. The molecule has 1 aromatic heterocycles. The van der Waals surface area contributed by atoms with Crippen LogP contribution in [0.1, 0.15) is 54.5 Å². The number of thioether (sulfide) groups is 1. The first-order valence-corrected chi connectivity index (χ1v) is 12.7. The summed E-state index contributed by atoms with van der Waals surface area (Å²) in [6.07, 6.45) is 5.01. The summed E-state index contributed by atoms with van der Waals surface area (Å²) in [5.74, 6) is -1.77. The van der Waals surface area contributed by atoms with E-state index in [2.05, 4.69) is 6.07 Å². The molecule has 0 amide bonds. The number of aromatic nitrogens is 1. The summed E-state index contributed by atoms with van der Waals surface area (Å²) in [6.45, 7) is 1.79. The number of aryl methyl sites for hydroxylation is 2. The van der Waals surface area contributed by atoms with E-state index in [-0.39, 0.29) is 35.1 Å². The number of allylic oxidation sites excluding steroid dienone is 1. The van der Waals surface area contributed by atoms with Crippen LogP contribution in [0.3, 0.4) is 0 Å². The van der Waals surface area contributed by atoms with Crippen LogP contribution in [0.25, 0.3) is 0 Å². The molecule has 184 valence electrons. The predicted molar refractivity (Wildman–Crippen MR) is 132 cm³/mol. The summed E-state index contributed by atoms with van der Waals surface area (Å²) in [7, 11) is 0. The van der Waals surface area contributed by atoms with Crippen LogP contribution in [0.2, 0.25) is 0 Å². The van der Waals surface area contributed by atoms with E-state index in [1.807, 2.05) is 12.1 Å². The van der Waals surface area contributed by atoms with Crippen molar-refractivity contribution in [1.82, 2.24) is 4.98 Å². The van der Waals surface area contributed by atoms with Crippen LogP contribution in [0.5, 0.6) is 0 Å². The van der Waals surface area contributed by atoms with Gasteiger partial charge in [-0.05, 0) is 61.9 Å². The van der Waals surface area contributed by atoms with Crippen molar-refractivity contribution < 1.29 is 18.7 Å². The quantitative estimate of drug-likeness (QED) is 0.339. The fourth-order valence-electron chi connectivity index (χ4n) is 4.46. The zero-order chi connectivity index (χ0) is 25.7. The number of halogens is 1. The molecule has 1 aliphatic carbocycles. The van der Waals surface area contributed by atoms with Gasteiger partial charge in [0, 0.05) is 5.69 Å². The van der Waals surface area contributed by atoms with Crippen LogP contribution in [0, 0.1) is 28.5 Å². The third kappa shape index (κ3) is 5.22. The van der Waals surface area contributed by atoms with Crippen LogP contribution < -0.4 is 5.73 Å². The summed E-state index contributed by atoms with van der Waals surface area (Å²) >= 11 is 1.26. The van der Waals surface area contributed by atoms with E-state index >= 15 is 0 Å². The number of fused-ring (bicyclic) bond motifs is 1. The van der Waals surface area contributed by atoms with Gasteiger partial charge in [0.05, 0.1) is 29.4 Å². The fourth-order valence-corrected chi connectivity index (χ4v) is 5.38. The first kappa shape index (κ1) is 25.3. The summed E-state index contributed by atoms with van der Waals surface area (Å²) in [4.78, 5) is 17.9. The number of esters is 1. The van der Waals surface area contributed by atoms with Gasteiger partial charge in [0.2, 0.25) is 5.88 Å². The number of pyridine rings is 1. The average molecular weight is 505 g/mol. The lowest BCUT2D eigenvalue weighted by Crippen LogP contribution is -2.27. The molecule has 0 saturated heterocycles. The second-order valence-electron chi connectivity index (χ2n) is 8.44. The molecule has 0 bridgehead atoms. The Kier molecular flexibility index (Phi) is 7.92. The number of carbonyl (C=O) groups is 1. The van der Waals surface area contributed by atoms with Gasteiger partial charge in [0.25, 0.3) is 0 Å². The van der Waals surface area contributed by atoms with Gasteiger partial charge >= 0.3 is 5.97 Å². The highest BCUT2D eigenvalue weighted by atomic mass is 32.2. The largest absolute Gasteiger partial charge is 0.463 e. The van der Waals surface area contributed by atoms with Crippen LogP contribution in [-0.4, -0.2) is 23.3 Å². The second-order valence-corrected chi connectivity index (χ2v) is 9.41. The van der Waals surface area contributed by atoms with E-state index in [4.69, 9.17) is 20.2 Å². The number of nitrogens with zero attached hydrogens (tertiary/aromatic N) is 3. The van der Waals surface area contributed by atoms with Crippen molar-refractivity contribution in [3.8, 4) is 12.1 Å². The molecular formula is C27H25FN4O3S. The van der Waals surface area contributed by atoms with E-state index < -0.39 is 17.7 Å². The van der Waals surface area contributed by atoms with E-state index in [9.17, 15) is 19.7 Å². The molecule has 0 fully saturated rings. The Balaban J connectivity index is 1.75. The topological polar surface area (TPSA) is 122 Å². The maximum Gasteiger partial charge on any atom is 0.338 e. The Bertz CT molecular complexity index is 1320. The minimum absolute atomic E-state index is 0.0410. The minimum Gasteiger partial charge on any atom is -0.463 e. The minimum atomic E-state index is -0.880. The highest BCUT2D eigenvalue weighted by Gasteiger charge is 2.37. The Hall–Kier alpha value is -3.82. The summed E-state index contributed by atoms with van der Waals surface area (Å²) in [5.41, 5.74) is 9.34. The molecule has 1 aliphatic heterocycles. The highest BCUT2D eigenvalue weighted by molar-refractivity contribution is 7.99. The number of carbonyl (C=O) groups excluding carboxylic acids is 1. The number of rotatable bonds is 6. The maximum absolute atomic E-state index is 13.6. The number of benzene rings is 1. The van der Waals surface area contributed by atoms with Crippen LogP contribution in [-0.2, 0) is 27.1 Å². The van der Waals surface area contributed by atoms with Gasteiger partial charge in [-0.25, -0.2) is 14.2 Å². The SMILES string of the molecule is CCOC(=O)C1=C(CSc2nc3c(cc2C#N)CCCCC3)OC(N)=C(C#N)[C@H]1c1ccc(F)cc1. The molecule has 0 saturated carbocycles. The van der Waals surface area contributed by atoms with Gasteiger partial charge in [-0.15, -0.1) is 0 Å². The summed E-state index contributed by atoms with van der Waals surface area (Å²) in [6, 6.07) is 11.7. The molecule has 1 atom stereocenters. The highest BCUT2D eigenvalue weighted by Crippen LogP contribution is 2.41. The van der Waals surface area contributed by atoms with Gasteiger partial charge < -0.3 is 15.2 Å². The van der Waals surface area contributed by atoms with Crippen molar-refractivity contribution in [2.45, 2.75) is 50.0 Å². The van der Waals surface area contributed by atoms with E-state index in [1.54, 1.807) is 6.92 Å². The first-order valence-electron chi connectivity index (χ1n) is 11.8. The van der Waals surface area contributed by atoms with Crippen LogP contribution >= 0.6 is 11.8 Å². The van der Waals surface area contributed by atoms with Crippen LogP contribution in [0.4, 0.5) is 4.39 Å². The second kappa shape index (κ2) is 11.3. The monoisotopic (exact) mass is 504 g/mol. The lowest BCUT2D eigenvalue weighted by Gasteiger charge is -2.28. The molecule has 0 spiro atoms. The smallest absolute Gasteiger partial charge is 0.338 e. The first-order chi connectivity index (χ1) is 17.5. The van der Waals surface area contributed by atoms with E-state index in [0.29, 0.717) is 16.2 Å². The molecule has 9 heteroatoms. The molecule has 7 nitrogen and oxygen atoms in total. The molecule has 0 unspecified atom stereocenters. The number of nitrogens with two attached hydrogens (primary N) is 1. The van der Waals surface area contributed by atoms with Crippen molar-refractivity contribution in [3.05, 3.63) is 81.3 Å². The van der Waals surface area contributed by atoms with Crippen molar-refractivity contribution in [2.75, 3.05) is 12.4 Å². The Morgan fingerprint density at radius 2 is 1.97 bits per heavy atom. The van der Waals surface area contributed by atoms with E-state index in [1.165, 1.54) is 36.0 Å². The average Bonchev–Trinajstić information content (AvgIpc) is 3.11. The van der Waals surface area contributed by atoms with Crippen molar-refractivity contribution >= 4 is 17.7 Å². The zero-order valence-electron chi connectivity index (χ0n) is 19.8. The number of hydrogen-bond donors (Lipinski definition) is 1. The third-order valence-electron chi connectivity index (χ3n) is 6.17.